The first-order valence-corrected chi connectivity index (χ1v) is 9.33. The first-order valence-electron chi connectivity index (χ1n) is 9.33. The second kappa shape index (κ2) is 8.46. The van der Waals surface area contributed by atoms with Crippen molar-refractivity contribution in [3.05, 3.63) is 0 Å². The standard InChI is InChI=1S/C19H33NO7/c1-17(2,3)26-15(24)20(16(25)27-18(4,5)6)12-8-11-19(14(22)23)10-7-9-13(19)21/h13,21H,7-12H2,1-6H3,(H,22,23)/t13-,19+/m1/s1. The highest BCUT2D eigenvalue weighted by Crippen LogP contribution is 2.42. The summed E-state index contributed by atoms with van der Waals surface area (Å²) in [6, 6.07) is 0. The quantitative estimate of drug-likeness (QED) is 0.741. The fraction of sp³-hybridized carbons (Fsp3) is 0.842. The van der Waals surface area contributed by atoms with Gasteiger partial charge in [-0.05, 0) is 73.6 Å². The van der Waals surface area contributed by atoms with Crippen LogP contribution < -0.4 is 0 Å². The molecule has 0 unspecified atom stereocenters. The van der Waals surface area contributed by atoms with E-state index in [1.54, 1.807) is 41.5 Å². The molecule has 0 aromatic carbocycles. The number of ether oxygens (including phenoxy) is 2. The minimum Gasteiger partial charge on any atom is -0.481 e. The highest BCUT2D eigenvalue weighted by atomic mass is 16.6. The smallest absolute Gasteiger partial charge is 0.419 e. The van der Waals surface area contributed by atoms with E-state index in [0.717, 1.165) is 4.90 Å². The van der Waals surface area contributed by atoms with Gasteiger partial charge in [0.05, 0.1) is 11.5 Å². The van der Waals surface area contributed by atoms with Crippen molar-refractivity contribution >= 4 is 18.2 Å². The summed E-state index contributed by atoms with van der Waals surface area (Å²) in [6.07, 6.45) is -0.771. The zero-order chi connectivity index (χ0) is 21.0. The van der Waals surface area contributed by atoms with Gasteiger partial charge in [-0.1, -0.05) is 0 Å². The first kappa shape index (κ1) is 23.2. The summed E-state index contributed by atoms with van der Waals surface area (Å²) in [7, 11) is 0. The summed E-state index contributed by atoms with van der Waals surface area (Å²) >= 11 is 0. The van der Waals surface area contributed by atoms with Crippen LogP contribution in [0.5, 0.6) is 0 Å². The number of carboxylic acid groups (broad SMARTS) is 1. The number of rotatable bonds is 5. The highest BCUT2D eigenvalue weighted by molar-refractivity contribution is 5.88. The number of carboxylic acids is 1. The van der Waals surface area contributed by atoms with Gasteiger partial charge in [-0.15, -0.1) is 0 Å². The van der Waals surface area contributed by atoms with Crippen LogP contribution in [0.15, 0.2) is 0 Å². The van der Waals surface area contributed by atoms with Crippen molar-refractivity contribution in [1.82, 2.24) is 4.90 Å². The Balaban J connectivity index is 2.86. The Labute approximate surface area is 160 Å². The van der Waals surface area contributed by atoms with Gasteiger partial charge >= 0.3 is 18.2 Å². The third-order valence-corrected chi connectivity index (χ3v) is 4.40. The van der Waals surface area contributed by atoms with Crippen molar-refractivity contribution < 1.29 is 34.1 Å². The Morgan fingerprint density at radius 2 is 1.52 bits per heavy atom. The Kier molecular flexibility index (Phi) is 7.27. The van der Waals surface area contributed by atoms with Crippen molar-refractivity contribution in [3.8, 4) is 0 Å². The number of nitrogens with zero attached hydrogens (tertiary/aromatic N) is 1. The molecular weight excluding hydrogens is 354 g/mol. The number of aliphatic hydroxyl groups excluding tert-OH is 1. The van der Waals surface area contributed by atoms with Gasteiger partial charge in [0.15, 0.2) is 0 Å². The van der Waals surface area contributed by atoms with Crippen LogP contribution in [0.2, 0.25) is 0 Å². The first-order chi connectivity index (χ1) is 12.2. The molecule has 27 heavy (non-hydrogen) atoms. The van der Waals surface area contributed by atoms with Gasteiger partial charge in [-0.25, -0.2) is 14.5 Å². The second-order valence-electron chi connectivity index (χ2n) is 9.09. The highest BCUT2D eigenvalue weighted by Gasteiger charge is 2.48. The molecule has 1 aliphatic carbocycles. The van der Waals surface area contributed by atoms with Crippen LogP contribution in [-0.4, -0.2) is 57.1 Å². The molecule has 0 spiro atoms. The van der Waals surface area contributed by atoms with Gasteiger partial charge in [0.1, 0.15) is 11.2 Å². The van der Waals surface area contributed by atoms with Crippen molar-refractivity contribution in [2.45, 2.75) is 91.0 Å². The molecule has 0 radical (unpaired) electrons. The van der Waals surface area contributed by atoms with E-state index >= 15 is 0 Å². The molecule has 1 aliphatic rings. The van der Waals surface area contributed by atoms with Gasteiger partial charge in [0, 0.05) is 6.54 Å². The van der Waals surface area contributed by atoms with E-state index in [2.05, 4.69) is 0 Å². The molecule has 2 atom stereocenters. The number of amides is 2. The fourth-order valence-electron chi connectivity index (χ4n) is 3.15. The average molecular weight is 387 g/mol. The van der Waals surface area contributed by atoms with Crippen molar-refractivity contribution in [2.75, 3.05) is 6.54 Å². The maximum Gasteiger partial charge on any atom is 0.419 e. The lowest BCUT2D eigenvalue weighted by Gasteiger charge is -2.31. The van der Waals surface area contributed by atoms with Gasteiger partial charge in [0.25, 0.3) is 0 Å². The lowest BCUT2D eigenvalue weighted by molar-refractivity contribution is -0.155. The molecule has 8 heteroatoms. The molecule has 1 fully saturated rings. The Morgan fingerprint density at radius 1 is 1.04 bits per heavy atom. The number of aliphatic carboxylic acids is 1. The second-order valence-corrected chi connectivity index (χ2v) is 9.09. The molecule has 0 aromatic rings. The molecule has 0 aromatic heterocycles. The molecule has 0 bridgehead atoms. The predicted octanol–water partition coefficient (Wildman–Crippen LogP) is 3.55. The number of carbonyl (C=O) groups is 3. The Morgan fingerprint density at radius 3 is 1.85 bits per heavy atom. The molecule has 8 nitrogen and oxygen atoms in total. The number of hydrogen-bond donors (Lipinski definition) is 2. The molecule has 0 heterocycles. The van der Waals surface area contributed by atoms with Crippen LogP contribution in [0.3, 0.4) is 0 Å². The van der Waals surface area contributed by atoms with Crippen LogP contribution in [0.4, 0.5) is 9.59 Å². The largest absolute Gasteiger partial charge is 0.481 e. The molecule has 0 saturated heterocycles. The molecule has 1 rings (SSSR count). The van der Waals surface area contributed by atoms with Gasteiger partial charge in [-0.3, -0.25) is 4.79 Å². The van der Waals surface area contributed by atoms with E-state index in [1.165, 1.54) is 0 Å². The minimum absolute atomic E-state index is 0.0500. The van der Waals surface area contributed by atoms with E-state index in [4.69, 9.17) is 9.47 Å². The third-order valence-electron chi connectivity index (χ3n) is 4.40. The van der Waals surface area contributed by atoms with Crippen LogP contribution in [0, 0.1) is 5.41 Å². The third kappa shape index (κ3) is 6.68. The van der Waals surface area contributed by atoms with Gasteiger partial charge < -0.3 is 19.7 Å². The van der Waals surface area contributed by atoms with E-state index in [1.807, 2.05) is 0 Å². The number of hydrogen-bond acceptors (Lipinski definition) is 6. The summed E-state index contributed by atoms with van der Waals surface area (Å²) in [5, 5.41) is 19.7. The summed E-state index contributed by atoms with van der Waals surface area (Å²) in [6.45, 7) is 10.1. The molecule has 1 saturated carbocycles. The predicted molar refractivity (Wildman–Crippen MR) is 98.3 cm³/mol. The number of carbonyl (C=O) groups excluding carboxylic acids is 2. The van der Waals surface area contributed by atoms with E-state index < -0.39 is 40.9 Å². The summed E-state index contributed by atoms with van der Waals surface area (Å²) in [5.41, 5.74) is -2.81. The normalized spacial score (nSPS) is 23.0. The van der Waals surface area contributed by atoms with E-state index in [-0.39, 0.29) is 19.4 Å². The average Bonchev–Trinajstić information content (AvgIpc) is 2.81. The van der Waals surface area contributed by atoms with E-state index in [0.29, 0.717) is 19.3 Å². The topological polar surface area (TPSA) is 113 Å². The summed E-state index contributed by atoms with van der Waals surface area (Å²) in [5.74, 6) is -1.05. The summed E-state index contributed by atoms with van der Waals surface area (Å²) in [4.78, 5) is 37.4. The maximum absolute atomic E-state index is 12.4. The monoisotopic (exact) mass is 387 g/mol. The van der Waals surface area contributed by atoms with Crippen molar-refractivity contribution in [3.63, 3.8) is 0 Å². The Bertz CT molecular complexity index is 533. The van der Waals surface area contributed by atoms with Crippen LogP contribution in [0.25, 0.3) is 0 Å². The number of imide groups is 1. The Hall–Kier alpha value is -1.83. The zero-order valence-corrected chi connectivity index (χ0v) is 17.2. The van der Waals surface area contributed by atoms with Crippen molar-refractivity contribution in [2.24, 2.45) is 5.41 Å². The van der Waals surface area contributed by atoms with Gasteiger partial charge in [0.2, 0.25) is 0 Å². The van der Waals surface area contributed by atoms with E-state index in [9.17, 15) is 24.6 Å². The molecule has 156 valence electrons. The van der Waals surface area contributed by atoms with Crippen LogP contribution >= 0.6 is 0 Å². The molecule has 2 amide bonds. The minimum atomic E-state index is -1.23. The lowest BCUT2D eigenvalue weighted by atomic mass is 9.79. The zero-order valence-electron chi connectivity index (χ0n) is 17.2. The molecule has 0 aliphatic heterocycles. The summed E-state index contributed by atoms with van der Waals surface area (Å²) < 4.78 is 10.5. The number of aliphatic hydroxyl groups is 1. The van der Waals surface area contributed by atoms with Crippen molar-refractivity contribution in [1.29, 1.82) is 0 Å². The fourth-order valence-corrected chi connectivity index (χ4v) is 3.15. The van der Waals surface area contributed by atoms with Crippen LogP contribution in [0.1, 0.15) is 73.6 Å². The maximum atomic E-state index is 12.4. The molecule has 2 N–H and O–H groups in total. The SMILES string of the molecule is CC(C)(C)OC(=O)N(CCC[C@@]1(C(=O)O)CCC[C@H]1O)C(=O)OC(C)(C)C. The lowest BCUT2D eigenvalue weighted by Crippen LogP contribution is -2.45. The molecular formula is C19H33NO7. The van der Waals surface area contributed by atoms with Crippen LogP contribution in [-0.2, 0) is 14.3 Å². The van der Waals surface area contributed by atoms with Gasteiger partial charge in [-0.2, -0.15) is 0 Å².